The highest BCUT2D eigenvalue weighted by atomic mass is 16.6. The van der Waals surface area contributed by atoms with Gasteiger partial charge in [-0.15, -0.1) is 0 Å². The smallest absolute Gasteiger partial charge is 0.270 e. The molecule has 2 heterocycles. The second-order valence-electron chi connectivity index (χ2n) is 5.01. The van der Waals surface area contributed by atoms with Gasteiger partial charge < -0.3 is 10.6 Å². The number of nitrogens with one attached hydrogen (secondary N) is 2. The first-order valence-electron chi connectivity index (χ1n) is 6.70. The maximum absolute atomic E-state index is 11.1. The standard InChI is InChI=1S/C14H14N4O3/c19-14-6-2-10(16-14)8-15-13-5-1-9-7-11(18(20)21)3-4-12(9)17-13/h1,3-5,7,10H,2,6,8H2,(H,15,17)(H,16,19). The first kappa shape index (κ1) is 13.3. The Morgan fingerprint density at radius 1 is 1.38 bits per heavy atom. The number of anilines is 1. The second kappa shape index (κ2) is 5.35. The van der Waals surface area contributed by atoms with Crippen molar-refractivity contribution in [2.75, 3.05) is 11.9 Å². The van der Waals surface area contributed by atoms with E-state index in [0.29, 0.717) is 24.3 Å². The van der Waals surface area contributed by atoms with Crippen LogP contribution in [0.15, 0.2) is 30.3 Å². The zero-order valence-corrected chi connectivity index (χ0v) is 11.2. The van der Waals surface area contributed by atoms with Crippen LogP contribution in [0.5, 0.6) is 0 Å². The Balaban J connectivity index is 1.73. The van der Waals surface area contributed by atoms with Gasteiger partial charge in [0.15, 0.2) is 0 Å². The monoisotopic (exact) mass is 286 g/mol. The van der Waals surface area contributed by atoms with Crippen LogP contribution in [0, 0.1) is 10.1 Å². The molecule has 0 aliphatic carbocycles. The summed E-state index contributed by atoms with van der Waals surface area (Å²) in [5, 5.41) is 17.5. The molecule has 3 rings (SSSR count). The summed E-state index contributed by atoms with van der Waals surface area (Å²) in [7, 11) is 0. The zero-order valence-electron chi connectivity index (χ0n) is 11.2. The van der Waals surface area contributed by atoms with E-state index in [-0.39, 0.29) is 17.6 Å². The number of nitro groups is 1. The Kier molecular flexibility index (Phi) is 3.39. The lowest BCUT2D eigenvalue weighted by Gasteiger charge is -2.12. The highest BCUT2D eigenvalue weighted by Gasteiger charge is 2.20. The van der Waals surface area contributed by atoms with E-state index in [1.54, 1.807) is 18.2 Å². The summed E-state index contributed by atoms with van der Waals surface area (Å²) in [5.41, 5.74) is 0.750. The maximum atomic E-state index is 11.1. The third-order valence-corrected chi connectivity index (χ3v) is 3.50. The molecule has 1 amide bonds. The number of nitro benzene ring substituents is 1. The van der Waals surface area contributed by atoms with Crippen molar-refractivity contribution >= 4 is 28.3 Å². The van der Waals surface area contributed by atoms with Crippen LogP contribution >= 0.6 is 0 Å². The van der Waals surface area contributed by atoms with Gasteiger partial charge in [-0.3, -0.25) is 14.9 Å². The van der Waals surface area contributed by atoms with Crippen LogP contribution in [0.4, 0.5) is 11.5 Å². The Morgan fingerprint density at radius 2 is 2.24 bits per heavy atom. The SMILES string of the molecule is O=C1CCC(CNc2ccc3cc([N+](=O)[O-])ccc3n2)N1. The number of hydrogen-bond acceptors (Lipinski definition) is 5. The summed E-state index contributed by atoms with van der Waals surface area (Å²) in [5.74, 6) is 0.776. The number of rotatable bonds is 4. The van der Waals surface area contributed by atoms with Crippen molar-refractivity contribution in [2.45, 2.75) is 18.9 Å². The number of fused-ring (bicyclic) bond motifs is 1. The number of amides is 1. The number of benzene rings is 1. The molecular weight excluding hydrogens is 272 g/mol. The average Bonchev–Trinajstić information content (AvgIpc) is 2.90. The van der Waals surface area contributed by atoms with Gasteiger partial charge in [0.05, 0.1) is 10.4 Å². The van der Waals surface area contributed by atoms with Crippen LogP contribution in [0.1, 0.15) is 12.8 Å². The van der Waals surface area contributed by atoms with E-state index < -0.39 is 4.92 Å². The number of aromatic nitrogens is 1. The van der Waals surface area contributed by atoms with Crippen LogP contribution in [0.25, 0.3) is 10.9 Å². The van der Waals surface area contributed by atoms with Crippen molar-refractivity contribution in [3.63, 3.8) is 0 Å². The van der Waals surface area contributed by atoms with Crippen molar-refractivity contribution in [3.05, 3.63) is 40.4 Å². The molecule has 7 heteroatoms. The van der Waals surface area contributed by atoms with Crippen LogP contribution in [0.3, 0.4) is 0 Å². The van der Waals surface area contributed by atoms with E-state index in [1.807, 2.05) is 0 Å². The van der Waals surface area contributed by atoms with Gasteiger partial charge >= 0.3 is 0 Å². The lowest BCUT2D eigenvalue weighted by Crippen LogP contribution is -2.31. The van der Waals surface area contributed by atoms with Crippen LogP contribution in [-0.2, 0) is 4.79 Å². The van der Waals surface area contributed by atoms with E-state index in [2.05, 4.69) is 15.6 Å². The van der Waals surface area contributed by atoms with Crippen LogP contribution in [-0.4, -0.2) is 28.4 Å². The van der Waals surface area contributed by atoms with Crippen LogP contribution in [0.2, 0.25) is 0 Å². The fraction of sp³-hybridized carbons (Fsp3) is 0.286. The summed E-state index contributed by atoms with van der Waals surface area (Å²) >= 11 is 0. The number of nitrogens with zero attached hydrogens (tertiary/aromatic N) is 2. The largest absolute Gasteiger partial charge is 0.368 e. The molecule has 1 saturated heterocycles. The molecule has 108 valence electrons. The number of non-ortho nitro benzene ring substituents is 1. The van der Waals surface area contributed by atoms with Gasteiger partial charge in [-0.05, 0) is 24.6 Å². The Morgan fingerprint density at radius 3 is 2.95 bits per heavy atom. The minimum Gasteiger partial charge on any atom is -0.368 e. The van der Waals surface area contributed by atoms with Gasteiger partial charge in [-0.25, -0.2) is 4.98 Å². The summed E-state index contributed by atoms with van der Waals surface area (Å²) < 4.78 is 0. The number of carbonyl (C=O) groups is 1. The topological polar surface area (TPSA) is 97.2 Å². The summed E-state index contributed by atoms with van der Waals surface area (Å²) in [4.78, 5) is 25.8. The molecular formula is C14H14N4O3. The minimum absolute atomic E-state index is 0.0543. The predicted molar refractivity (Wildman–Crippen MR) is 78.1 cm³/mol. The molecule has 0 saturated carbocycles. The van der Waals surface area contributed by atoms with Gasteiger partial charge in [0.1, 0.15) is 5.82 Å². The summed E-state index contributed by atoms with van der Waals surface area (Å²) in [6.07, 6.45) is 1.40. The van der Waals surface area contributed by atoms with Crippen molar-refractivity contribution < 1.29 is 9.72 Å². The average molecular weight is 286 g/mol. The lowest BCUT2D eigenvalue weighted by molar-refractivity contribution is -0.384. The summed E-state index contributed by atoms with van der Waals surface area (Å²) in [6, 6.07) is 8.29. The fourth-order valence-electron chi connectivity index (χ4n) is 2.38. The molecule has 21 heavy (non-hydrogen) atoms. The molecule has 0 bridgehead atoms. The van der Waals surface area contributed by atoms with Gasteiger partial charge in [0.25, 0.3) is 5.69 Å². The van der Waals surface area contributed by atoms with Gasteiger partial charge in [0, 0.05) is 36.5 Å². The van der Waals surface area contributed by atoms with E-state index >= 15 is 0 Å². The molecule has 2 aromatic rings. The van der Waals surface area contributed by atoms with Crippen molar-refractivity contribution in [3.8, 4) is 0 Å². The number of carbonyl (C=O) groups excluding carboxylic acids is 1. The Bertz CT molecular complexity index is 716. The van der Waals surface area contributed by atoms with Gasteiger partial charge in [0.2, 0.25) is 5.91 Å². The zero-order chi connectivity index (χ0) is 14.8. The normalized spacial score (nSPS) is 17.7. The van der Waals surface area contributed by atoms with Crippen molar-refractivity contribution in [1.82, 2.24) is 10.3 Å². The highest BCUT2D eigenvalue weighted by molar-refractivity contribution is 5.82. The molecule has 1 fully saturated rings. The van der Waals surface area contributed by atoms with E-state index in [0.717, 1.165) is 11.8 Å². The molecule has 1 unspecified atom stereocenters. The van der Waals surface area contributed by atoms with Crippen molar-refractivity contribution in [1.29, 1.82) is 0 Å². The molecule has 0 spiro atoms. The fourth-order valence-corrected chi connectivity index (χ4v) is 2.38. The molecule has 0 radical (unpaired) electrons. The van der Waals surface area contributed by atoms with E-state index in [4.69, 9.17) is 0 Å². The minimum atomic E-state index is -0.422. The Hall–Kier alpha value is -2.70. The molecule has 7 nitrogen and oxygen atoms in total. The van der Waals surface area contributed by atoms with Crippen molar-refractivity contribution in [2.24, 2.45) is 0 Å². The Labute approximate surface area is 120 Å². The number of pyridine rings is 1. The predicted octanol–water partition coefficient (Wildman–Crippen LogP) is 1.83. The first-order valence-corrected chi connectivity index (χ1v) is 6.70. The third-order valence-electron chi connectivity index (χ3n) is 3.50. The molecule has 1 aliphatic heterocycles. The molecule has 2 N–H and O–H groups in total. The molecule has 1 atom stereocenters. The van der Waals surface area contributed by atoms with Gasteiger partial charge in [-0.2, -0.15) is 0 Å². The highest BCUT2D eigenvalue weighted by Crippen LogP contribution is 2.21. The van der Waals surface area contributed by atoms with Gasteiger partial charge in [-0.1, -0.05) is 0 Å². The first-order chi connectivity index (χ1) is 10.1. The molecule has 1 aromatic heterocycles. The third kappa shape index (κ3) is 2.91. The van der Waals surface area contributed by atoms with E-state index in [1.165, 1.54) is 12.1 Å². The molecule has 1 aromatic carbocycles. The van der Waals surface area contributed by atoms with Crippen LogP contribution < -0.4 is 10.6 Å². The second-order valence-corrected chi connectivity index (χ2v) is 5.01. The quantitative estimate of drug-likeness (QED) is 0.660. The van der Waals surface area contributed by atoms with E-state index in [9.17, 15) is 14.9 Å². The number of hydrogen-bond donors (Lipinski definition) is 2. The molecule has 1 aliphatic rings. The maximum Gasteiger partial charge on any atom is 0.270 e. The summed E-state index contributed by atoms with van der Waals surface area (Å²) in [6.45, 7) is 0.622. The lowest BCUT2D eigenvalue weighted by atomic mass is 10.2.